The molecule has 0 fully saturated rings. The lowest BCUT2D eigenvalue weighted by molar-refractivity contribution is -0.0670. The van der Waals surface area contributed by atoms with Gasteiger partial charge in [-0.3, -0.25) is 0 Å². The zero-order valence-corrected chi connectivity index (χ0v) is 18.6. The number of hydrogen-bond donors (Lipinski definition) is 4. The van der Waals surface area contributed by atoms with Gasteiger partial charge in [0.1, 0.15) is 0 Å². The highest BCUT2D eigenvalue weighted by Gasteiger charge is 2.51. The van der Waals surface area contributed by atoms with Crippen LogP contribution in [-0.4, -0.2) is 60.3 Å². The normalized spacial score (nSPS) is 15.7. The molecule has 0 aromatic heterocycles. The zero-order chi connectivity index (χ0) is 21.5. The topological polar surface area (TPSA) is 90.2 Å². The van der Waals surface area contributed by atoms with Crippen molar-refractivity contribution in [3.63, 3.8) is 0 Å². The van der Waals surface area contributed by atoms with E-state index in [1.165, 1.54) is 0 Å². The highest BCUT2D eigenvalue weighted by molar-refractivity contribution is 6.99. The van der Waals surface area contributed by atoms with Gasteiger partial charge >= 0.3 is 0 Å². The third-order valence-corrected chi connectivity index (χ3v) is 10.4. The van der Waals surface area contributed by atoms with Crippen molar-refractivity contribution in [1.82, 2.24) is 0 Å². The van der Waals surface area contributed by atoms with Gasteiger partial charge in [0.2, 0.25) is 0 Å². The quantitative estimate of drug-likeness (QED) is 0.438. The lowest BCUT2D eigenvalue weighted by atomic mass is 9.94. The molecule has 29 heavy (non-hydrogen) atoms. The van der Waals surface area contributed by atoms with Gasteiger partial charge in [0.15, 0.2) is 0 Å². The van der Waals surface area contributed by atoms with Gasteiger partial charge in [0, 0.05) is 19.4 Å². The van der Waals surface area contributed by atoms with Crippen molar-refractivity contribution in [3.8, 4) is 0 Å². The fourth-order valence-corrected chi connectivity index (χ4v) is 8.59. The molecule has 0 spiro atoms. The Morgan fingerprint density at radius 3 is 1.76 bits per heavy atom. The second-order valence-electron chi connectivity index (χ2n) is 8.69. The summed E-state index contributed by atoms with van der Waals surface area (Å²) in [7, 11) is -2.84. The highest BCUT2D eigenvalue weighted by Crippen LogP contribution is 2.37. The average Bonchev–Trinajstić information content (AvgIpc) is 2.69. The standard InChI is InChI=1S/C23H34O5Si/c1-22(2,3)29(20-10-6-4-7-11-20,21-12-8-5-9-13-21)28-18-23(27,14-15-24)16-19(26)17-25/h4-13,19,24-27H,14-18H2,1-3H3/t19-,23+/m1/s1. The minimum Gasteiger partial charge on any atom is -0.404 e. The van der Waals surface area contributed by atoms with Crippen LogP contribution in [-0.2, 0) is 4.43 Å². The Bertz CT molecular complexity index is 692. The smallest absolute Gasteiger partial charge is 0.261 e. The summed E-state index contributed by atoms with van der Waals surface area (Å²) in [6.07, 6.45) is -1.08. The third-order valence-electron chi connectivity index (χ3n) is 5.38. The van der Waals surface area contributed by atoms with Crippen LogP contribution < -0.4 is 10.4 Å². The van der Waals surface area contributed by atoms with Crippen molar-refractivity contribution in [1.29, 1.82) is 0 Å². The van der Waals surface area contributed by atoms with E-state index in [9.17, 15) is 20.4 Å². The van der Waals surface area contributed by atoms with E-state index in [1.807, 2.05) is 36.4 Å². The first-order valence-electron chi connectivity index (χ1n) is 10.1. The predicted molar refractivity (Wildman–Crippen MR) is 118 cm³/mol. The minimum atomic E-state index is -2.84. The molecule has 0 radical (unpaired) electrons. The molecule has 0 saturated carbocycles. The summed E-state index contributed by atoms with van der Waals surface area (Å²) in [5, 5.41) is 41.6. The van der Waals surface area contributed by atoms with Crippen molar-refractivity contribution < 1.29 is 24.9 Å². The largest absolute Gasteiger partial charge is 0.404 e. The lowest BCUT2D eigenvalue weighted by Gasteiger charge is -2.45. The molecule has 2 atom stereocenters. The molecule has 0 aliphatic heterocycles. The van der Waals surface area contributed by atoms with Crippen molar-refractivity contribution in [2.24, 2.45) is 0 Å². The molecule has 0 aliphatic carbocycles. The Morgan fingerprint density at radius 2 is 1.38 bits per heavy atom. The molecule has 160 valence electrons. The van der Waals surface area contributed by atoms with Crippen LogP contribution in [0.3, 0.4) is 0 Å². The van der Waals surface area contributed by atoms with Gasteiger partial charge in [-0.15, -0.1) is 0 Å². The van der Waals surface area contributed by atoms with E-state index in [0.717, 1.165) is 10.4 Å². The van der Waals surface area contributed by atoms with Crippen LogP contribution in [0.2, 0.25) is 5.04 Å². The molecule has 0 amide bonds. The van der Waals surface area contributed by atoms with Gasteiger partial charge in [-0.1, -0.05) is 81.4 Å². The first-order chi connectivity index (χ1) is 13.7. The minimum absolute atomic E-state index is 0.0437. The lowest BCUT2D eigenvalue weighted by Crippen LogP contribution is -2.67. The predicted octanol–water partition coefficient (Wildman–Crippen LogP) is 1.42. The van der Waals surface area contributed by atoms with Gasteiger partial charge < -0.3 is 24.9 Å². The van der Waals surface area contributed by atoms with Gasteiger partial charge in [-0.25, -0.2) is 0 Å². The van der Waals surface area contributed by atoms with Crippen molar-refractivity contribution >= 4 is 18.7 Å². The molecule has 4 N–H and O–H groups in total. The number of benzene rings is 2. The molecular formula is C23H34O5Si. The van der Waals surface area contributed by atoms with Crippen LogP contribution in [0.1, 0.15) is 33.6 Å². The summed E-state index contributed by atoms with van der Waals surface area (Å²) in [5.41, 5.74) is -1.44. The molecule has 2 aromatic rings. The molecule has 0 unspecified atom stereocenters. The molecule has 0 aliphatic rings. The fraction of sp³-hybridized carbons (Fsp3) is 0.478. The molecule has 0 saturated heterocycles. The Balaban J connectivity index is 2.53. The van der Waals surface area contributed by atoms with E-state index in [2.05, 4.69) is 45.0 Å². The van der Waals surface area contributed by atoms with Crippen LogP contribution in [0.25, 0.3) is 0 Å². The summed E-state index contributed by atoms with van der Waals surface area (Å²) in [4.78, 5) is 0. The summed E-state index contributed by atoms with van der Waals surface area (Å²) in [6, 6.07) is 20.2. The van der Waals surface area contributed by atoms with Crippen LogP contribution in [0, 0.1) is 0 Å². The summed E-state index contributed by atoms with van der Waals surface area (Å²) in [6.45, 7) is 5.70. The van der Waals surface area contributed by atoms with Crippen molar-refractivity contribution in [2.75, 3.05) is 19.8 Å². The van der Waals surface area contributed by atoms with Crippen LogP contribution in [0.15, 0.2) is 60.7 Å². The second kappa shape index (κ2) is 9.98. The SMILES string of the molecule is CC(C)(C)[Si](OC[C@](O)(CCO)C[C@@H](O)CO)(c1ccccc1)c1ccccc1. The van der Waals surface area contributed by atoms with Crippen LogP contribution >= 0.6 is 0 Å². The molecule has 2 aromatic carbocycles. The summed E-state index contributed by atoms with van der Waals surface area (Å²) in [5.74, 6) is 0. The van der Waals surface area contributed by atoms with Crippen molar-refractivity contribution in [3.05, 3.63) is 60.7 Å². The fourth-order valence-electron chi connectivity index (χ4n) is 3.95. The number of aliphatic hydroxyl groups is 4. The van der Waals surface area contributed by atoms with Crippen LogP contribution in [0.5, 0.6) is 0 Å². The van der Waals surface area contributed by atoms with E-state index in [-0.39, 0.29) is 31.1 Å². The van der Waals surface area contributed by atoms with Crippen molar-refractivity contribution in [2.45, 2.75) is 50.4 Å². The monoisotopic (exact) mass is 418 g/mol. The Labute approximate surface area is 174 Å². The van der Waals surface area contributed by atoms with E-state index in [1.54, 1.807) is 0 Å². The molecule has 2 rings (SSSR count). The van der Waals surface area contributed by atoms with E-state index in [4.69, 9.17) is 4.43 Å². The maximum Gasteiger partial charge on any atom is 0.261 e. The van der Waals surface area contributed by atoms with E-state index < -0.39 is 26.6 Å². The highest BCUT2D eigenvalue weighted by atomic mass is 28.4. The summed E-state index contributed by atoms with van der Waals surface area (Å²) < 4.78 is 6.71. The van der Waals surface area contributed by atoms with Gasteiger partial charge in [-0.2, -0.15) is 0 Å². The average molecular weight is 419 g/mol. The van der Waals surface area contributed by atoms with E-state index >= 15 is 0 Å². The van der Waals surface area contributed by atoms with Gasteiger partial charge in [-0.05, 0) is 15.4 Å². The van der Waals surface area contributed by atoms with Gasteiger partial charge in [0.05, 0.1) is 24.9 Å². The molecule has 0 heterocycles. The molecule has 0 bridgehead atoms. The summed E-state index contributed by atoms with van der Waals surface area (Å²) >= 11 is 0. The Morgan fingerprint density at radius 1 is 0.897 bits per heavy atom. The number of aliphatic hydroxyl groups excluding tert-OH is 3. The Kier molecular flexibility index (Phi) is 8.16. The maximum atomic E-state index is 11.1. The third kappa shape index (κ3) is 5.54. The van der Waals surface area contributed by atoms with E-state index in [0.29, 0.717) is 0 Å². The number of rotatable bonds is 10. The maximum absolute atomic E-state index is 11.1. The Hall–Kier alpha value is -1.54. The second-order valence-corrected chi connectivity index (χ2v) is 13.0. The zero-order valence-electron chi connectivity index (χ0n) is 17.6. The first kappa shape index (κ1) is 23.7. The first-order valence-corrected chi connectivity index (χ1v) is 12.0. The molecule has 5 nitrogen and oxygen atoms in total. The van der Waals surface area contributed by atoms with Crippen LogP contribution in [0.4, 0.5) is 0 Å². The number of hydrogen-bond acceptors (Lipinski definition) is 5. The molecular weight excluding hydrogens is 384 g/mol. The van der Waals surface area contributed by atoms with Gasteiger partial charge in [0.25, 0.3) is 8.32 Å². The molecule has 6 heteroatoms.